The zero-order valence-corrected chi connectivity index (χ0v) is 13.0. The topological polar surface area (TPSA) is 29.3 Å². The predicted molar refractivity (Wildman–Crippen MR) is 80.9 cm³/mol. The Morgan fingerprint density at radius 3 is 2.89 bits per heavy atom. The van der Waals surface area contributed by atoms with Gasteiger partial charge in [-0.25, -0.2) is 0 Å². The molecule has 0 saturated carbocycles. The highest BCUT2D eigenvalue weighted by atomic mass is 79.9. The third-order valence-electron chi connectivity index (χ3n) is 3.85. The lowest BCUT2D eigenvalue weighted by Crippen LogP contribution is -2.32. The van der Waals surface area contributed by atoms with Crippen LogP contribution in [-0.2, 0) is 0 Å². The second kappa shape index (κ2) is 6.38. The van der Waals surface area contributed by atoms with Gasteiger partial charge in [0.25, 0.3) is 0 Å². The maximum absolute atomic E-state index is 6.07. The molecule has 1 aliphatic heterocycles. The van der Waals surface area contributed by atoms with Crippen LogP contribution >= 0.6 is 27.5 Å². The Labute approximate surface area is 123 Å². The van der Waals surface area contributed by atoms with E-state index in [2.05, 4.69) is 40.0 Å². The van der Waals surface area contributed by atoms with Gasteiger partial charge >= 0.3 is 0 Å². The average Bonchev–Trinajstić information content (AvgIpc) is 2.54. The molecule has 2 atom stereocenters. The number of nitrogens with two attached hydrogens (primary N) is 1. The van der Waals surface area contributed by atoms with E-state index >= 15 is 0 Å². The first-order chi connectivity index (χ1) is 8.63. The van der Waals surface area contributed by atoms with Crippen molar-refractivity contribution in [3.8, 4) is 0 Å². The van der Waals surface area contributed by atoms with Crippen molar-refractivity contribution in [2.24, 2.45) is 11.7 Å². The van der Waals surface area contributed by atoms with Crippen LogP contribution in [-0.4, -0.2) is 25.0 Å². The molecule has 0 aliphatic carbocycles. The summed E-state index contributed by atoms with van der Waals surface area (Å²) in [4.78, 5) is 2.43. The van der Waals surface area contributed by atoms with Crippen molar-refractivity contribution in [1.29, 1.82) is 0 Å². The molecule has 1 saturated heterocycles. The third kappa shape index (κ3) is 3.08. The van der Waals surface area contributed by atoms with Gasteiger partial charge in [0.05, 0.1) is 5.02 Å². The molecule has 2 nitrogen and oxygen atoms in total. The van der Waals surface area contributed by atoms with Crippen LogP contribution < -0.4 is 5.73 Å². The summed E-state index contributed by atoms with van der Waals surface area (Å²) in [6.07, 6.45) is 3.75. The molecule has 0 aromatic heterocycles. The zero-order chi connectivity index (χ0) is 13.1. The van der Waals surface area contributed by atoms with E-state index in [-0.39, 0.29) is 0 Å². The highest BCUT2D eigenvalue weighted by Crippen LogP contribution is 2.36. The second-order valence-electron chi connectivity index (χ2n) is 5.09. The molecule has 100 valence electrons. The van der Waals surface area contributed by atoms with Gasteiger partial charge in [-0.1, -0.05) is 24.1 Å². The van der Waals surface area contributed by atoms with Crippen molar-refractivity contribution in [3.05, 3.63) is 33.3 Å². The number of rotatable bonds is 2. The molecule has 2 N–H and O–H groups in total. The fraction of sp³-hybridized carbons (Fsp3) is 0.571. The van der Waals surface area contributed by atoms with E-state index in [0.717, 1.165) is 22.6 Å². The minimum atomic E-state index is 0.408. The lowest BCUT2D eigenvalue weighted by molar-refractivity contribution is 0.196. The number of halogens is 2. The van der Waals surface area contributed by atoms with Gasteiger partial charge in [-0.05, 0) is 72.5 Å². The Hall–Kier alpha value is -0.0900. The van der Waals surface area contributed by atoms with Gasteiger partial charge in [0.15, 0.2) is 0 Å². The molecule has 0 spiro atoms. The van der Waals surface area contributed by atoms with Crippen molar-refractivity contribution in [2.45, 2.75) is 25.3 Å². The summed E-state index contributed by atoms with van der Waals surface area (Å²) in [6.45, 7) is 1.89. The molecule has 1 heterocycles. The van der Waals surface area contributed by atoms with Crippen molar-refractivity contribution in [3.63, 3.8) is 0 Å². The van der Waals surface area contributed by atoms with Crippen LogP contribution in [0.15, 0.2) is 22.7 Å². The van der Waals surface area contributed by atoms with Crippen molar-refractivity contribution < 1.29 is 0 Å². The Kier molecular flexibility index (Phi) is 5.07. The summed E-state index contributed by atoms with van der Waals surface area (Å²) in [5.74, 6) is 0.533. The van der Waals surface area contributed by atoms with E-state index in [1.54, 1.807) is 0 Å². The molecule has 0 bridgehead atoms. The first-order valence-corrected chi connectivity index (χ1v) is 7.66. The van der Waals surface area contributed by atoms with Gasteiger partial charge in [0.1, 0.15) is 0 Å². The van der Waals surface area contributed by atoms with Crippen LogP contribution in [0, 0.1) is 5.92 Å². The van der Waals surface area contributed by atoms with Gasteiger partial charge in [-0.15, -0.1) is 0 Å². The largest absolute Gasteiger partial charge is 0.330 e. The number of hydrogen-bond acceptors (Lipinski definition) is 2. The Bertz CT molecular complexity index is 411. The van der Waals surface area contributed by atoms with Crippen molar-refractivity contribution in [2.75, 3.05) is 20.1 Å². The molecule has 2 unspecified atom stereocenters. The monoisotopic (exact) mass is 330 g/mol. The molecule has 1 fully saturated rings. The van der Waals surface area contributed by atoms with Crippen molar-refractivity contribution in [1.82, 2.24) is 4.90 Å². The standard InChI is InChI=1S/C14H20BrClN2/c1-18-7-3-2-4-11(9-17)14(18)10-5-6-13(16)12(15)8-10/h5-6,8,11,14H,2-4,7,9,17H2,1H3. The van der Waals surface area contributed by atoms with Crippen LogP contribution in [0.3, 0.4) is 0 Å². The van der Waals surface area contributed by atoms with E-state index in [4.69, 9.17) is 17.3 Å². The van der Waals surface area contributed by atoms with Crippen LogP contribution in [0.2, 0.25) is 5.02 Å². The van der Waals surface area contributed by atoms with E-state index in [0.29, 0.717) is 12.0 Å². The van der Waals surface area contributed by atoms with Gasteiger partial charge < -0.3 is 5.73 Å². The number of benzene rings is 1. The number of likely N-dealkylation sites (tertiary alicyclic amines) is 1. The van der Waals surface area contributed by atoms with E-state index in [1.165, 1.54) is 24.8 Å². The smallest absolute Gasteiger partial charge is 0.0548 e. The highest BCUT2D eigenvalue weighted by Gasteiger charge is 2.28. The fourth-order valence-corrected chi connectivity index (χ4v) is 3.41. The van der Waals surface area contributed by atoms with Gasteiger partial charge in [-0.3, -0.25) is 4.90 Å². The molecule has 1 aliphatic rings. The minimum Gasteiger partial charge on any atom is -0.330 e. The molecule has 18 heavy (non-hydrogen) atoms. The van der Waals surface area contributed by atoms with Crippen LogP contribution in [0.4, 0.5) is 0 Å². The summed E-state index contributed by atoms with van der Waals surface area (Å²) in [6, 6.07) is 6.64. The molecule has 4 heteroatoms. The minimum absolute atomic E-state index is 0.408. The lowest BCUT2D eigenvalue weighted by Gasteiger charge is -2.32. The van der Waals surface area contributed by atoms with Gasteiger partial charge in [0.2, 0.25) is 0 Å². The Balaban J connectivity index is 2.33. The Morgan fingerprint density at radius 1 is 1.44 bits per heavy atom. The highest BCUT2D eigenvalue weighted by molar-refractivity contribution is 9.10. The fourth-order valence-electron chi connectivity index (χ4n) is 2.89. The second-order valence-corrected chi connectivity index (χ2v) is 6.35. The van der Waals surface area contributed by atoms with Crippen LogP contribution in [0.5, 0.6) is 0 Å². The molecular weight excluding hydrogens is 312 g/mol. The zero-order valence-electron chi connectivity index (χ0n) is 10.7. The van der Waals surface area contributed by atoms with Gasteiger partial charge in [0, 0.05) is 10.5 Å². The first kappa shape index (κ1) is 14.3. The van der Waals surface area contributed by atoms with E-state index in [1.807, 2.05) is 6.07 Å². The lowest BCUT2D eigenvalue weighted by atomic mass is 9.89. The molecular formula is C14H20BrClN2. The van der Waals surface area contributed by atoms with Crippen LogP contribution in [0.25, 0.3) is 0 Å². The number of hydrogen-bond donors (Lipinski definition) is 1. The summed E-state index contributed by atoms with van der Waals surface area (Å²) in [5.41, 5.74) is 7.28. The summed E-state index contributed by atoms with van der Waals surface area (Å²) in [5, 5.41) is 0.763. The van der Waals surface area contributed by atoms with E-state index in [9.17, 15) is 0 Å². The predicted octanol–water partition coefficient (Wildman–Crippen LogP) is 3.83. The van der Waals surface area contributed by atoms with Crippen LogP contribution in [0.1, 0.15) is 30.9 Å². The SMILES string of the molecule is CN1CCCCC(CN)C1c1ccc(Cl)c(Br)c1. The molecule has 0 amide bonds. The molecule has 1 aromatic rings. The summed E-state index contributed by atoms with van der Waals surface area (Å²) >= 11 is 9.59. The normalized spacial score (nSPS) is 26.0. The summed E-state index contributed by atoms with van der Waals surface area (Å²) in [7, 11) is 2.20. The number of nitrogens with zero attached hydrogens (tertiary/aromatic N) is 1. The quantitative estimate of drug-likeness (QED) is 0.892. The summed E-state index contributed by atoms with van der Waals surface area (Å²) < 4.78 is 0.968. The van der Waals surface area contributed by atoms with Crippen molar-refractivity contribution >= 4 is 27.5 Å². The third-order valence-corrected chi connectivity index (χ3v) is 5.06. The molecule has 0 radical (unpaired) electrons. The van der Waals surface area contributed by atoms with Gasteiger partial charge in [-0.2, -0.15) is 0 Å². The maximum atomic E-state index is 6.07. The molecule has 2 rings (SSSR count). The maximum Gasteiger partial charge on any atom is 0.0548 e. The first-order valence-electron chi connectivity index (χ1n) is 6.48. The van der Waals surface area contributed by atoms with E-state index < -0.39 is 0 Å². The molecule has 1 aromatic carbocycles. The Morgan fingerprint density at radius 2 is 2.22 bits per heavy atom. The average molecular weight is 332 g/mol.